The van der Waals surface area contributed by atoms with Crippen LogP contribution in [-0.4, -0.2) is 98.8 Å². The van der Waals surface area contributed by atoms with Gasteiger partial charge >= 0.3 is 0 Å². The van der Waals surface area contributed by atoms with Crippen LogP contribution in [0.3, 0.4) is 0 Å². The SMILES string of the molecule is O=C(CS(=O)(=O)CCCl)N1CCN(C(=O)CS(=O)(=O)CCCl)C(=O)C1. The molecule has 0 radical (unpaired) electrons. The molecule has 1 aliphatic rings. The van der Waals surface area contributed by atoms with Gasteiger partial charge in [-0.2, -0.15) is 0 Å². The number of alkyl halides is 2. The smallest absolute Gasteiger partial charge is 0.248 e. The molecule has 1 aliphatic heterocycles. The molecule has 0 aromatic rings. The average Bonchev–Trinajstić information content (AvgIpc) is 2.45. The monoisotopic (exact) mass is 436 g/mol. The lowest BCUT2D eigenvalue weighted by Crippen LogP contribution is -2.56. The summed E-state index contributed by atoms with van der Waals surface area (Å²) < 4.78 is 46.4. The van der Waals surface area contributed by atoms with Crippen molar-refractivity contribution in [1.29, 1.82) is 0 Å². The van der Waals surface area contributed by atoms with Crippen LogP contribution in [0, 0.1) is 0 Å². The lowest BCUT2D eigenvalue weighted by Gasteiger charge is -2.33. The first-order chi connectivity index (χ1) is 11.5. The van der Waals surface area contributed by atoms with Gasteiger partial charge in [-0.05, 0) is 0 Å². The quantitative estimate of drug-likeness (QED) is 0.423. The highest BCUT2D eigenvalue weighted by atomic mass is 35.5. The van der Waals surface area contributed by atoms with Crippen molar-refractivity contribution in [2.45, 2.75) is 0 Å². The van der Waals surface area contributed by atoms with E-state index in [1.54, 1.807) is 0 Å². The van der Waals surface area contributed by atoms with Crippen molar-refractivity contribution in [2.75, 3.05) is 54.4 Å². The molecule has 0 aliphatic carbocycles. The largest absolute Gasteiger partial charge is 0.331 e. The zero-order chi connectivity index (χ0) is 19.3. The number of halogens is 2. The number of sulfone groups is 2. The normalized spacial score (nSPS) is 16.2. The maximum Gasteiger partial charge on any atom is 0.248 e. The summed E-state index contributed by atoms with van der Waals surface area (Å²) in [5.41, 5.74) is 0. The van der Waals surface area contributed by atoms with Gasteiger partial charge in [0.2, 0.25) is 17.7 Å². The second kappa shape index (κ2) is 9.15. The number of carbonyl (C=O) groups excluding carboxylic acids is 3. The Morgan fingerprint density at radius 2 is 1.36 bits per heavy atom. The highest BCUT2D eigenvalue weighted by Gasteiger charge is 2.33. The Bertz CT molecular complexity index is 737. The number of hydrogen-bond donors (Lipinski definition) is 0. The molecule has 13 heteroatoms. The first-order valence-electron chi connectivity index (χ1n) is 7.15. The van der Waals surface area contributed by atoms with E-state index < -0.39 is 55.4 Å². The second-order valence-electron chi connectivity index (χ2n) is 5.32. The minimum Gasteiger partial charge on any atom is -0.331 e. The Balaban J connectivity index is 2.66. The second-order valence-corrected chi connectivity index (χ2v) is 10.4. The zero-order valence-electron chi connectivity index (χ0n) is 13.2. The number of imide groups is 1. The first-order valence-corrected chi connectivity index (χ1v) is 11.9. The van der Waals surface area contributed by atoms with Gasteiger partial charge in [0.05, 0.1) is 11.5 Å². The third-order valence-electron chi connectivity index (χ3n) is 3.34. The van der Waals surface area contributed by atoms with Gasteiger partial charge in [0.1, 0.15) is 18.1 Å². The van der Waals surface area contributed by atoms with Crippen LogP contribution in [-0.2, 0) is 34.1 Å². The molecule has 9 nitrogen and oxygen atoms in total. The van der Waals surface area contributed by atoms with Crippen molar-refractivity contribution in [3.05, 3.63) is 0 Å². The molecular weight excluding hydrogens is 419 g/mol. The molecule has 3 amide bonds. The predicted molar refractivity (Wildman–Crippen MR) is 92.0 cm³/mol. The number of nitrogens with zero attached hydrogens (tertiary/aromatic N) is 2. The first kappa shape index (κ1) is 22.1. The van der Waals surface area contributed by atoms with Crippen LogP contribution in [0.1, 0.15) is 0 Å². The molecule has 144 valence electrons. The van der Waals surface area contributed by atoms with Crippen molar-refractivity contribution in [3.63, 3.8) is 0 Å². The molecule has 1 saturated heterocycles. The van der Waals surface area contributed by atoms with E-state index in [1.807, 2.05) is 0 Å². The van der Waals surface area contributed by atoms with Gasteiger partial charge in [-0.25, -0.2) is 16.8 Å². The average molecular weight is 437 g/mol. The number of rotatable bonds is 8. The topological polar surface area (TPSA) is 126 Å². The van der Waals surface area contributed by atoms with Gasteiger partial charge in [0.25, 0.3) is 0 Å². The number of hydrogen-bond acceptors (Lipinski definition) is 7. The molecule has 25 heavy (non-hydrogen) atoms. The fourth-order valence-electron chi connectivity index (χ4n) is 2.07. The highest BCUT2D eigenvalue weighted by molar-refractivity contribution is 7.92. The maximum atomic E-state index is 12.0. The molecule has 0 atom stereocenters. The summed E-state index contributed by atoms with van der Waals surface area (Å²) in [5.74, 6) is -5.08. The summed E-state index contributed by atoms with van der Waals surface area (Å²) in [7, 11) is -7.38. The third kappa shape index (κ3) is 7.08. The summed E-state index contributed by atoms with van der Waals surface area (Å²) in [5, 5.41) is 0. The van der Waals surface area contributed by atoms with E-state index in [2.05, 4.69) is 0 Å². The van der Waals surface area contributed by atoms with Crippen molar-refractivity contribution in [2.24, 2.45) is 0 Å². The molecule has 1 rings (SSSR count). The molecule has 0 spiro atoms. The van der Waals surface area contributed by atoms with Gasteiger partial charge in [-0.3, -0.25) is 19.3 Å². The van der Waals surface area contributed by atoms with Gasteiger partial charge in [0.15, 0.2) is 19.7 Å². The molecule has 0 aromatic heterocycles. The molecule has 0 unspecified atom stereocenters. The predicted octanol–water partition coefficient (Wildman–Crippen LogP) is -1.51. The van der Waals surface area contributed by atoms with E-state index in [0.29, 0.717) is 0 Å². The van der Waals surface area contributed by atoms with E-state index in [9.17, 15) is 31.2 Å². The standard InChI is InChI=1S/C12H18Cl2N2O7S2/c13-1-5-24(20,21)8-11(18)15-3-4-16(10(17)7-15)12(19)9-25(22,23)6-2-14/h1-9H2. The van der Waals surface area contributed by atoms with Crippen molar-refractivity contribution in [3.8, 4) is 0 Å². The van der Waals surface area contributed by atoms with Crippen LogP contribution < -0.4 is 0 Å². The highest BCUT2D eigenvalue weighted by Crippen LogP contribution is 2.08. The zero-order valence-corrected chi connectivity index (χ0v) is 16.3. The lowest BCUT2D eigenvalue weighted by atomic mass is 10.3. The molecule has 1 fully saturated rings. The Labute approximate surface area is 156 Å². The molecular formula is C12H18Cl2N2O7S2. The number of carbonyl (C=O) groups is 3. The summed E-state index contributed by atoms with van der Waals surface area (Å²) in [4.78, 5) is 37.7. The van der Waals surface area contributed by atoms with E-state index in [1.165, 1.54) is 0 Å². The van der Waals surface area contributed by atoms with Crippen LogP contribution >= 0.6 is 23.2 Å². The minimum absolute atomic E-state index is 0.0672. The van der Waals surface area contributed by atoms with E-state index in [4.69, 9.17) is 23.2 Å². The van der Waals surface area contributed by atoms with E-state index in [-0.39, 0.29) is 36.4 Å². The summed E-state index contributed by atoms with van der Waals surface area (Å²) in [6.07, 6.45) is 0. The van der Waals surface area contributed by atoms with Crippen molar-refractivity contribution < 1.29 is 31.2 Å². The Morgan fingerprint density at radius 1 is 0.880 bits per heavy atom. The Morgan fingerprint density at radius 3 is 1.80 bits per heavy atom. The maximum absolute atomic E-state index is 12.0. The molecule has 0 saturated carbocycles. The van der Waals surface area contributed by atoms with Crippen LogP contribution in [0.25, 0.3) is 0 Å². The van der Waals surface area contributed by atoms with Gasteiger partial charge < -0.3 is 4.90 Å². The number of amides is 3. The van der Waals surface area contributed by atoms with Crippen molar-refractivity contribution >= 4 is 60.6 Å². The van der Waals surface area contributed by atoms with E-state index >= 15 is 0 Å². The van der Waals surface area contributed by atoms with Crippen LogP contribution in [0.2, 0.25) is 0 Å². The van der Waals surface area contributed by atoms with Gasteiger partial charge in [-0.15, -0.1) is 23.2 Å². The van der Waals surface area contributed by atoms with Gasteiger partial charge in [-0.1, -0.05) is 0 Å². The summed E-state index contributed by atoms with van der Waals surface area (Å²) >= 11 is 10.7. The Hall–Kier alpha value is -0.910. The molecule has 1 heterocycles. The lowest BCUT2D eigenvalue weighted by molar-refractivity contribution is -0.151. The Kier molecular flexibility index (Phi) is 8.10. The van der Waals surface area contributed by atoms with Crippen molar-refractivity contribution in [1.82, 2.24) is 9.80 Å². The van der Waals surface area contributed by atoms with Crippen LogP contribution in [0.4, 0.5) is 0 Å². The summed E-state index contributed by atoms with van der Waals surface area (Å²) in [6.45, 7) is -0.756. The minimum atomic E-state index is -3.71. The van der Waals surface area contributed by atoms with Crippen LogP contribution in [0.5, 0.6) is 0 Å². The van der Waals surface area contributed by atoms with Crippen LogP contribution in [0.15, 0.2) is 0 Å². The molecule has 0 bridgehead atoms. The fourth-order valence-corrected chi connectivity index (χ4v) is 5.34. The van der Waals surface area contributed by atoms with E-state index in [0.717, 1.165) is 9.80 Å². The number of piperazine rings is 1. The fraction of sp³-hybridized carbons (Fsp3) is 0.750. The summed E-state index contributed by atoms with van der Waals surface area (Å²) in [6, 6.07) is 0. The van der Waals surface area contributed by atoms with Gasteiger partial charge in [0, 0.05) is 24.8 Å². The third-order valence-corrected chi connectivity index (χ3v) is 7.19. The molecule has 0 N–H and O–H groups in total. The molecule has 0 aromatic carbocycles.